The van der Waals surface area contributed by atoms with Crippen LogP contribution in [0.25, 0.3) is 0 Å². The molecule has 1 N–H and O–H groups in total. The summed E-state index contributed by atoms with van der Waals surface area (Å²) in [7, 11) is 0. The molecule has 3 fully saturated rings. The molecule has 3 saturated heterocycles. The van der Waals surface area contributed by atoms with Crippen LogP contribution in [0, 0.1) is 37.5 Å². The Kier molecular flexibility index (Phi) is 9.98. The summed E-state index contributed by atoms with van der Waals surface area (Å²) in [6.07, 6.45) is 5.61. The van der Waals surface area contributed by atoms with Crippen LogP contribution in [0.15, 0.2) is 43.5 Å². The van der Waals surface area contributed by atoms with E-state index in [1.54, 1.807) is 33.7 Å². The lowest BCUT2D eigenvalue weighted by Crippen LogP contribution is -2.59. The molecular formula is C34H49N3O4S. The zero-order valence-electron chi connectivity index (χ0n) is 26.2. The first-order valence-electron chi connectivity index (χ1n) is 15.5. The van der Waals surface area contributed by atoms with Gasteiger partial charge in [0.15, 0.2) is 0 Å². The monoisotopic (exact) mass is 595 g/mol. The Hall–Kier alpha value is -2.58. The van der Waals surface area contributed by atoms with Gasteiger partial charge in [0.2, 0.25) is 11.8 Å². The first kappa shape index (κ1) is 32.3. The first-order valence-corrected chi connectivity index (χ1v) is 16.4. The lowest BCUT2D eigenvalue weighted by Gasteiger charge is -2.42. The van der Waals surface area contributed by atoms with Crippen LogP contribution in [0.4, 0.5) is 5.69 Å². The quantitative estimate of drug-likeness (QED) is 0.325. The fourth-order valence-electron chi connectivity index (χ4n) is 7.76. The van der Waals surface area contributed by atoms with Crippen molar-refractivity contribution in [3.8, 4) is 0 Å². The number of aliphatic hydroxyl groups is 1. The van der Waals surface area contributed by atoms with Crippen molar-refractivity contribution in [3.05, 3.63) is 54.6 Å². The molecule has 8 heteroatoms. The fraction of sp³-hybridized carbons (Fsp3) is 0.618. The minimum absolute atomic E-state index is 0.0173. The maximum Gasteiger partial charge on any atom is 0.251 e. The number of aryl methyl sites for hydroxylation is 2. The van der Waals surface area contributed by atoms with Gasteiger partial charge in [0.25, 0.3) is 5.91 Å². The normalized spacial score (nSPS) is 28.6. The number of fused-ring (bicyclic) bond motifs is 1. The van der Waals surface area contributed by atoms with Gasteiger partial charge in [-0.25, -0.2) is 0 Å². The number of hydrogen-bond acceptors (Lipinski definition) is 5. The standard InChI is InChI=1S/C34H49N3O4S/c1-9-14-35(15-10-2)31(39)28-27-19-24(8)34(42-27)29(28)32(40)37(25(20-38)17-21(4)5)30(34)33(41)36(16-11-3)26-18-22(6)12-13-23(26)7/h9,11-13,18,21,24-25,27-30,38H,1,3,10,14-17,19-20H2,2,4-8H3/t24?,25-,27+,28-,29+,30?,34?/m1/s1. The summed E-state index contributed by atoms with van der Waals surface area (Å²) in [4.78, 5) is 49.2. The molecule has 3 heterocycles. The summed E-state index contributed by atoms with van der Waals surface area (Å²) in [5.41, 5.74) is 2.80. The van der Waals surface area contributed by atoms with E-state index in [1.807, 2.05) is 43.9 Å². The van der Waals surface area contributed by atoms with Gasteiger partial charge in [0, 0.05) is 30.6 Å². The number of aliphatic hydroxyl groups excluding tert-OH is 1. The molecule has 3 aliphatic rings. The first-order chi connectivity index (χ1) is 20.0. The maximum atomic E-state index is 15.0. The molecular weight excluding hydrogens is 546 g/mol. The molecule has 0 radical (unpaired) electrons. The third-order valence-electron chi connectivity index (χ3n) is 9.44. The number of likely N-dealkylation sites (tertiary alicyclic amines) is 1. The van der Waals surface area contributed by atoms with Crippen LogP contribution in [-0.2, 0) is 14.4 Å². The lowest BCUT2D eigenvalue weighted by atomic mass is 9.65. The number of hydrogen-bond donors (Lipinski definition) is 1. The molecule has 3 unspecified atom stereocenters. The highest BCUT2D eigenvalue weighted by Gasteiger charge is 2.77. The predicted molar refractivity (Wildman–Crippen MR) is 171 cm³/mol. The highest BCUT2D eigenvalue weighted by atomic mass is 32.2. The number of benzene rings is 1. The number of carbonyl (C=O) groups is 3. The molecule has 0 aromatic heterocycles. The van der Waals surface area contributed by atoms with Gasteiger partial charge < -0.3 is 19.8 Å². The Morgan fingerprint density at radius 2 is 1.88 bits per heavy atom. The van der Waals surface area contributed by atoms with E-state index in [2.05, 4.69) is 33.9 Å². The van der Waals surface area contributed by atoms with E-state index in [4.69, 9.17) is 0 Å². The zero-order valence-corrected chi connectivity index (χ0v) is 27.0. The molecule has 230 valence electrons. The van der Waals surface area contributed by atoms with Crippen molar-refractivity contribution in [1.82, 2.24) is 9.80 Å². The van der Waals surface area contributed by atoms with Crippen LogP contribution in [0.5, 0.6) is 0 Å². The summed E-state index contributed by atoms with van der Waals surface area (Å²) in [6, 6.07) is 4.73. The van der Waals surface area contributed by atoms with Crippen LogP contribution in [0.1, 0.15) is 58.1 Å². The summed E-state index contributed by atoms with van der Waals surface area (Å²) < 4.78 is -0.757. The van der Waals surface area contributed by atoms with Gasteiger partial charge in [-0.2, -0.15) is 0 Å². The smallest absolute Gasteiger partial charge is 0.251 e. The van der Waals surface area contributed by atoms with E-state index in [1.165, 1.54) is 0 Å². The Balaban J connectivity index is 1.88. The number of carbonyl (C=O) groups excluding carboxylic acids is 3. The Morgan fingerprint density at radius 1 is 1.19 bits per heavy atom. The molecule has 7 atom stereocenters. The van der Waals surface area contributed by atoms with Crippen LogP contribution in [0.2, 0.25) is 0 Å². The molecule has 1 aromatic carbocycles. The highest BCUT2D eigenvalue weighted by Crippen LogP contribution is 2.69. The van der Waals surface area contributed by atoms with Gasteiger partial charge in [-0.15, -0.1) is 24.9 Å². The SMILES string of the molecule is C=CCN(CCC)C(=O)[C@@H]1[C@@H]2CC(C)C3(S2)C(C(=O)N(CC=C)c2cc(C)ccc2C)N([C@@H](CO)CC(C)C)C(=O)[C@H]13. The second-order valence-corrected chi connectivity index (χ2v) is 14.4. The van der Waals surface area contributed by atoms with Crippen molar-refractivity contribution in [2.45, 2.75) is 82.9 Å². The molecule has 1 aromatic rings. The Morgan fingerprint density at radius 3 is 2.48 bits per heavy atom. The third-order valence-corrected chi connectivity index (χ3v) is 11.5. The molecule has 0 aliphatic carbocycles. The molecule has 0 saturated carbocycles. The van der Waals surface area contributed by atoms with E-state index in [9.17, 15) is 14.7 Å². The lowest BCUT2D eigenvalue weighted by molar-refractivity contribution is -0.145. The summed E-state index contributed by atoms with van der Waals surface area (Å²) >= 11 is 1.69. The maximum absolute atomic E-state index is 15.0. The largest absolute Gasteiger partial charge is 0.394 e. The van der Waals surface area contributed by atoms with Gasteiger partial charge in [-0.1, -0.05) is 52.0 Å². The number of amides is 3. The number of anilines is 1. The van der Waals surface area contributed by atoms with E-state index < -0.39 is 28.7 Å². The molecule has 42 heavy (non-hydrogen) atoms. The average Bonchev–Trinajstić information content (AvgIpc) is 3.54. The van der Waals surface area contributed by atoms with Gasteiger partial charge in [0.05, 0.1) is 29.2 Å². The summed E-state index contributed by atoms with van der Waals surface area (Å²) in [5.74, 6) is -1.21. The Labute approximate surface area is 256 Å². The number of rotatable bonds is 13. The van der Waals surface area contributed by atoms with E-state index in [-0.39, 0.29) is 41.4 Å². The highest BCUT2D eigenvalue weighted by molar-refractivity contribution is 8.02. The van der Waals surface area contributed by atoms with Crippen LogP contribution in [-0.4, -0.2) is 80.9 Å². The van der Waals surface area contributed by atoms with E-state index in [0.29, 0.717) is 26.1 Å². The second-order valence-electron chi connectivity index (χ2n) is 12.9. The van der Waals surface area contributed by atoms with Gasteiger partial charge in [0.1, 0.15) is 6.04 Å². The fourth-order valence-corrected chi connectivity index (χ4v) is 10.2. The third kappa shape index (κ3) is 5.34. The number of nitrogens with zero attached hydrogens (tertiary/aromatic N) is 3. The predicted octanol–water partition coefficient (Wildman–Crippen LogP) is 4.99. The van der Waals surface area contributed by atoms with Gasteiger partial charge in [-0.3, -0.25) is 14.4 Å². The van der Waals surface area contributed by atoms with Crippen LogP contribution >= 0.6 is 11.8 Å². The minimum Gasteiger partial charge on any atom is -0.394 e. The summed E-state index contributed by atoms with van der Waals surface area (Å²) in [6.45, 7) is 21.2. The van der Waals surface area contributed by atoms with Crippen molar-refractivity contribution < 1.29 is 19.5 Å². The summed E-state index contributed by atoms with van der Waals surface area (Å²) in [5, 5.41) is 10.6. The van der Waals surface area contributed by atoms with Crippen LogP contribution < -0.4 is 4.90 Å². The van der Waals surface area contributed by atoms with E-state index in [0.717, 1.165) is 29.7 Å². The molecule has 4 rings (SSSR count). The topological polar surface area (TPSA) is 81.2 Å². The molecule has 1 spiro atoms. The number of thioether (sulfide) groups is 1. The van der Waals surface area contributed by atoms with E-state index >= 15 is 4.79 Å². The molecule has 2 bridgehead atoms. The zero-order chi connectivity index (χ0) is 30.9. The van der Waals surface area contributed by atoms with Crippen LogP contribution in [0.3, 0.4) is 0 Å². The van der Waals surface area contributed by atoms with Crippen molar-refractivity contribution in [2.75, 3.05) is 31.1 Å². The molecule has 7 nitrogen and oxygen atoms in total. The second kappa shape index (κ2) is 13.0. The van der Waals surface area contributed by atoms with Crippen molar-refractivity contribution in [2.24, 2.45) is 23.7 Å². The molecule has 3 aliphatic heterocycles. The van der Waals surface area contributed by atoms with Crippen molar-refractivity contribution in [3.63, 3.8) is 0 Å². The Bertz CT molecular complexity index is 1220. The van der Waals surface area contributed by atoms with Crippen molar-refractivity contribution >= 4 is 35.2 Å². The van der Waals surface area contributed by atoms with Gasteiger partial charge in [-0.05, 0) is 62.1 Å². The average molecular weight is 596 g/mol. The molecule has 3 amide bonds. The van der Waals surface area contributed by atoms with Crippen molar-refractivity contribution in [1.29, 1.82) is 0 Å². The van der Waals surface area contributed by atoms with Gasteiger partial charge >= 0.3 is 0 Å². The minimum atomic E-state index is -0.799.